The van der Waals surface area contributed by atoms with Crippen molar-refractivity contribution in [1.29, 1.82) is 5.26 Å². The maximum atomic E-state index is 12.0. The van der Waals surface area contributed by atoms with E-state index in [0.717, 1.165) is 0 Å². The van der Waals surface area contributed by atoms with E-state index in [9.17, 15) is 13.2 Å². The number of hydrogen-bond donors (Lipinski definition) is 1. The number of ether oxygens (including phenoxy) is 1. The number of carbonyl (C=O) groups excluding carboxylic acids is 1. The largest absolute Gasteiger partial charge is 0.494 e. The number of nitriles is 1. The zero-order valence-corrected chi connectivity index (χ0v) is 13.5. The van der Waals surface area contributed by atoms with E-state index in [4.69, 9.17) is 10.00 Å². The predicted octanol–water partition coefficient (Wildman–Crippen LogP) is 2.13. The zero-order valence-electron chi connectivity index (χ0n) is 12.7. The maximum Gasteiger partial charge on any atom is 0.242 e. The predicted molar refractivity (Wildman–Crippen MR) is 84.3 cm³/mol. The van der Waals surface area contributed by atoms with E-state index in [1.54, 1.807) is 24.3 Å². The number of carbonyl (C=O) groups is 1. The Morgan fingerprint density at radius 1 is 1.36 bits per heavy atom. The van der Waals surface area contributed by atoms with E-state index >= 15 is 0 Å². The Labute approximate surface area is 131 Å². The lowest BCUT2D eigenvalue weighted by atomic mass is 10.3. The average molecular weight is 324 g/mol. The van der Waals surface area contributed by atoms with Crippen molar-refractivity contribution >= 4 is 21.4 Å². The molecule has 0 saturated heterocycles. The molecule has 0 aliphatic carbocycles. The van der Waals surface area contributed by atoms with E-state index in [2.05, 4.69) is 5.32 Å². The van der Waals surface area contributed by atoms with Crippen LogP contribution in [0.15, 0.2) is 24.3 Å². The fourth-order valence-corrected chi connectivity index (χ4v) is 3.02. The number of sulfone groups is 1. The van der Waals surface area contributed by atoms with Crippen LogP contribution in [0.25, 0.3) is 0 Å². The topological polar surface area (TPSA) is 96.3 Å². The molecule has 0 saturated carbocycles. The average Bonchev–Trinajstić information content (AvgIpc) is 2.49. The Kier molecular flexibility index (Phi) is 6.86. The molecule has 6 nitrogen and oxygen atoms in total. The molecule has 22 heavy (non-hydrogen) atoms. The highest BCUT2D eigenvalue weighted by molar-refractivity contribution is 7.92. The summed E-state index contributed by atoms with van der Waals surface area (Å²) in [6, 6.07) is 8.59. The first kappa shape index (κ1) is 18.0. The molecular weight excluding hydrogens is 304 g/mol. The molecule has 1 amide bonds. The second-order valence-corrected chi connectivity index (χ2v) is 7.16. The number of unbranched alkanes of at least 4 members (excludes halogenated alkanes) is 1. The summed E-state index contributed by atoms with van der Waals surface area (Å²) in [7, 11) is -3.56. The van der Waals surface area contributed by atoms with Gasteiger partial charge in [0.25, 0.3) is 0 Å². The summed E-state index contributed by atoms with van der Waals surface area (Å²) < 4.78 is 29.3. The van der Waals surface area contributed by atoms with Gasteiger partial charge in [-0.15, -0.1) is 0 Å². The molecule has 0 radical (unpaired) electrons. The van der Waals surface area contributed by atoms with Gasteiger partial charge in [-0.3, -0.25) is 4.79 Å². The van der Waals surface area contributed by atoms with Crippen LogP contribution in [0.4, 0.5) is 5.69 Å². The third-order valence-electron chi connectivity index (χ3n) is 3.06. The van der Waals surface area contributed by atoms with E-state index in [1.165, 1.54) is 6.92 Å². The minimum absolute atomic E-state index is 0.159. The van der Waals surface area contributed by atoms with Crippen LogP contribution in [0, 0.1) is 11.3 Å². The summed E-state index contributed by atoms with van der Waals surface area (Å²) in [5.74, 6) is -0.0721. The summed E-state index contributed by atoms with van der Waals surface area (Å²) >= 11 is 0. The summed E-state index contributed by atoms with van der Waals surface area (Å²) in [5, 5.41) is 9.85. The van der Waals surface area contributed by atoms with Crippen LogP contribution < -0.4 is 10.1 Å². The van der Waals surface area contributed by atoms with Crippen molar-refractivity contribution in [3.63, 3.8) is 0 Å². The molecule has 1 N–H and O–H groups in total. The van der Waals surface area contributed by atoms with E-state index < -0.39 is 21.0 Å². The molecule has 0 aliphatic rings. The number of amides is 1. The van der Waals surface area contributed by atoms with Gasteiger partial charge < -0.3 is 10.1 Å². The Balaban J connectivity index is 2.65. The Hall–Kier alpha value is -2.07. The first-order valence-corrected chi connectivity index (χ1v) is 8.74. The van der Waals surface area contributed by atoms with Crippen LogP contribution in [0.2, 0.25) is 0 Å². The second kappa shape index (κ2) is 8.39. The fraction of sp³-hybridized carbons (Fsp3) is 0.467. The van der Waals surface area contributed by atoms with Crippen LogP contribution >= 0.6 is 0 Å². The third-order valence-corrected chi connectivity index (χ3v) is 5.21. The molecule has 1 unspecified atom stereocenters. The van der Waals surface area contributed by atoms with Crippen LogP contribution in [0.1, 0.15) is 26.7 Å². The van der Waals surface area contributed by atoms with Gasteiger partial charge in [-0.25, -0.2) is 8.42 Å². The zero-order chi connectivity index (χ0) is 16.6. The van der Waals surface area contributed by atoms with Crippen LogP contribution in [0.3, 0.4) is 0 Å². The van der Waals surface area contributed by atoms with E-state index in [1.807, 2.05) is 13.0 Å². The number of anilines is 1. The Bertz CT molecular complexity index is 633. The molecule has 0 heterocycles. The van der Waals surface area contributed by atoms with Crippen molar-refractivity contribution < 1.29 is 17.9 Å². The van der Waals surface area contributed by atoms with Crippen LogP contribution in [0.5, 0.6) is 5.75 Å². The van der Waals surface area contributed by atoms with Gasteiger partial charge >= 0.3 is 0 Å². The Morgan fingerprint density at radius 2 is 2.00 bits per heavy atom. The highest BCUT2D eigenvalue weighted by atomic mass is 32.2. The van der Waals surface area contributed by atoms with Gasteiger partial charge in [0.15, 0.2) is 9.84 Å². The minimum atomic E-state index is -3.56. The molecule has 1 rings (SSSR count). The molecule has 120 valence electrons. The lowest BCUT2D eigenvalue weighted by molar-refractivity contribution is -0.115. The third kappa shape index (κ3) is 5.37. The van der Waals surface area contributed by atoms with Crippen molar-refractivity contribution in [2.24, 2.45) is 0 Å². The van der Waals surface area contributed by atoms with E-state index in [0.29, 0.717) is 18.0 Å². The molecule has 0 aliphatic heterocycles. The molecule has 1 aromatic rings. The van der Waals surface area contributed by atoms with Gasteiger partial charge in [-0.05, 0) is 44.5 Å². The highest BCUT2D eigenvalue weighted by Crippen LogP contribution is 2.16. The number of hydrogen-bond acceptors (Lipinski definition) is 5. The molecule has 0 bridgehead atoms. The summed E-state index contributed by atoms with van der Waals surface area (Å²) in [6.45, 7) is 3.77. The number of nitrogens with one attached hydrogen (secondary N) is 1. The maximum absolute atomic E-state index is 12.0. The van der Waals surface area contributed by atoms with Gasteiger partial charge in [0.2, 0.25) is 5.91 Å². The number of rotatable bonds is 8. The monoisotopic (exact) mass is 324 g/mol. The highest BCUT2D eigenvalue weighted by Gasteiger charge is 2.27. The summed E-state index contributed by atoms with van der Waals surface area (Å²) in [4.78, 5) is 12.0. The van der Waals surface area contributed by atoms with Gasteiger partial charge in [0, 0.05) is 12.1 Å². The van der Waals surface area contributed by atoms with Crippen molar-refractivity contribution in [2.75, 3.05) is 17.7 Å². The number of nitrogens with zero attached hydrogens (tertiary/aromatic N) is 1. The van der Waals surface area contributed by atoms with Gasteiger partial charge in [0.05, 0.1) is 18.4 Å². The first-order valence-electron chi connectivity index (χ1n) is 7.03. The van der Waals surface area contributed by atoms with Crippen molar-refractivity contribution in [3.8, 4) is 11.8 Å². The molecule has 1 atom stereocenters. The standard InChI is InChI=1S/C15H20N2O4S/c1-3-21-14-8-6-13(7-9-14)17-15(18)12(2)22(19,20)11-5-4-10-16/h6-9,12H,3-5,11H2,1-2H3,(H,17,18). The first-order chi connectivity index (χ1) is 10.4. The van der Waals surface area contributed by atoms with Gasteiger partial charge in [0.1, 0.15) is 11.0 Å². The molecule has 7 heteroatoms. The quantitative estimate of drug-likeness (QED) is 0.739. The van der Waals surface area contributed by atoms with Crippen molar-refractivity contribution in [1.82, 2.24) is 0 Å². The van der Waals surface area contributed by atoms with Crippen LogP contribution in [-0.2, 0) is 14.6 Å². The van der Waals surface area contributed by atoms with Crippen molar-refractivity contribution in [3.05, 3.63) is 24.3 Å². The second-order valence-electron chi connectivity index (χ2n) is 4.72. The lowest BCUT2D eigenvalue weighted by Gasteiger charge is -2.13. The fourth-order valence-electron chi connectivity index (χ4n) is 1.74. The van der Waals surface area contributed by atoms with E-state index in [-0.39, 0.29) is 18.6 Å². The molecule has 0 fully saturated rings. The minimum Gasteiger partial charge on any atom is -0.494 e. The van der Waals surface area contributed by atoms with Crippen molar-refractivity contribution in [2.45, 2.75) is 31.9 Å². The normalized spacial score (nSPS) is 12.2. The number of benzene rings is 1. The van der Waals surface area contributed by atoms with Gasteiger partial charge in [-0.2, -0.15) is 5.26 Å². The Morgan fingerprint density at radius 3 is 2.55 bits per heavy atom. The molecule has 0 aromatic heterocycles. The molecular formula is C15H20N2O4S. The lowest BCUT2D eigenvalue weighted by Crippen LogP contribution is -2.34. The van der Waals surface area contributed by atoms with Gasteiger partial charge in [-0.1, -0.05) is 0 Å². The summed E-state index contributed by atoms with van der Waals surface area (Å²) in [6.07, 6.45) is 0.395. The van der Waals surface area contributed by atoms with Crippen LogP contribution in [-0.4, -0.2) is 31.9 Å². The smallest absolute Gasteiger partial charge is 0.242 e. The summed E-state index contributed by atoms with van der Waals surface area (Å²) in [5.41, 5.74) is 0.507. The molecule has 1 aromatic carbocycles. The molecule has 0 spiro atoms. The SMILES string of the molecule is CCOc1ccc(NC(=O)C(C)S(=O)(=O)CCCC#N)cc1.